The first-order chi connectivity index (χ1) is 8.36. The van der Waals surface area contributed by atoms with Crippen LogP contribution >= 0.6 is 11.3 Å². The van der Waals surface area contributed by atoms with E-state index in [-0.39, 0.29) is 5.91 Å². The second-order valence-electron chi connectivity index (χ2n) is 4.39. The Kier molecular flexibility index (Phi) is 4.94. The van der Waals surface area contributed by atoms with Crippen molar-refractivity contribution in [3.63, 3.8) is 0 Å². The third kappa shape index (κ3) is 4.09. The minimum absolute atomic E-state index is 0.0510. The molecule has 1 aromatic rings. The average molecular weight is 253 g/mol. The molecular weight excluding hydrogens is 234 g/mol. The van der Waals surface area contributed by atoms with E-state index in [0.717, 1.165) is 19.5 Å². The first-order valence-corrected chi connectivity index (χ1v) is 7.19. The number of thiazole rings is 1. The van der Waals surface area contributed by atoms with Crippen LogP contribution in [0.2, 0.25) is 0 Å². The van der Waals surface area contributed by atoms with Gasteiger partial charge in [-0.3, -0.25) is 4.79 Å². The zero-order valence-corrected chi connectivity index (χ0v) is 10.8. The van der Waals surface area contributed by atoms with Crippen molar-refractivity contribution in [3.05, 3.63) is 16.6 Å². The first kappa shape index (κ1) is 12.5. The average Bonchev–Trinajstić information content (AvgIpc) is 2.89. The number of hydrogen-bond donors (Lipinski definition) is 1. The topological polar surface area (TPSA) is 45.2 Å². The minimum Gasteiger partial charge on any atom is -0.351 e. The lowest BCUT2D eigenvalue weighted by molar-refractivity contribution is 0.0947. The Balaban J connectivity index is 1.58. The summed E-state index contributed by atoms with van der Waals surface area (Å²) < 4.78 is 0. The van der Waals surface area contributed by atoms with Crippen LogP contribution in [0.15, 0.2) is 10.9 Å². The largest absolute Gasteiger partial charge is 0.351 e. The summed E-state index contributed by atoms with van der Waals surface area (Å²) in [6, 6.07) is 0. The normalized spacial score (nSPS) is 16.9. The highest BCUT2D eigenvalue weighted by Crippen LogP contribution is 2.08. The van der Waals surface area contributed by atoms with Crippen LogP contribution in [-0.2, 0) is 0 Å². The third-order valence-electron chi connectivity index (χ3n) is 3.05. The number of nitrogens with one attached hydrogen (secondary N) is 1. The van der Waals surface area contributed by atoms with Crippen molar-refractivity contribution in [1.82, 2.24) is 15.2 Å². The quantitative estimate of drug-likeness (QED) is 0.813. The van der Waals surface area contributed by atoms with E-state index in [4.69, 9.17) is 0 Å². The van der Waals surface area contributed by atoms with Crippen LogP contribution in [-0.4, -0.2) is 42.0 Å². The first-order valence-electron chi connectivity index (χ1n) is 6.25. The van der Waals surface area contributed by atoms with Gasteiger partial charge in [-0.05, 0) is 38.9 Å². The van der Waals surface area contributed by atoms with Crippen LogP contribution < -0.4 is 5.32 Å². The van der Waals surface area contributed by atoms with E-state index in [1.54, 1.807) is 10.9 Å². The molecule has 2 heterocycles. The van der Waals surface area contributed by atoms with Crippen molar-refractivity contribution in [3.8, 4) is 0 Å². The molecule has 5 heteroatoms. The number of carbonyl (C=O) groups is 1. The molecule has 0 aromatic carbocycles. The predicted molar refractivity (Wildman–Crippen MR) is 69.4 cm³/mol. The Morgan fingerprint density at radius 3 is 2.94 bits per heavy atom. The molecular formula is C12H19N3OS. The van der Waals surface area contributed by atoms with E-state index in [1.807, 2.05) is 0 Å². The third-order valence-corrected chi connectivity index (χ3v) is 3.64. The van der Waals surface area contributed by atoms with Crippen molar-refractivity contribution in [2.45, 2.75) is 25.7 Å². The number of carbonyl (C=O) groups excluding carboxylic acids is 1. The van der Waals surface area contributed by atoms with Crippen molar-refractivity contribution in [2.24, 2.45) is 0 Å². The second kappa shape index (κ2) is 6.71. The maximum Gasteiger partial charge on any atom is 0.270 e. The SMILES string of the molecule is O=C(NCCCN1CCCCC1)c1cscn1. The van der Waals surface area contributed by atoms with E-state index in [0.29, 0.717) is 5.69 Å². The van der Waals surface area contributed by atoms with Gasteiger partial charge >= 0.3 is 0 Å². The van der Waals surface area contributed by atoms with E-state index in [9.17, 15) is 4.79 Å². The summed E-state index contributed by atoms with van der Waals surface area (Å²) in [7, 11) is 0. The minimum atomic E-state index is -0.0510. The summed E-state index contributed by atoms with van der Waals surface area (Å²) in [5.74, 6) is -0.0510. The maximum absolute atomic E-state index is 11.6. The van der Waals surface area contributed by atoms with Gasteiger partial charge < -0.3 is 10.2 Å². The molecule has 1 aliphatic heterocycles. The Morgan fingerprint density at radius 2 is 2.24 bits per heavy atom. The van der Waals surface area contributed by atoms with Crippen LogP contribution in [0.3, 0.4) is 0 Å². The molecule has 0 bridgehead atoms. The molecule has 0 atom stereocenters. The number of aromatic nitrogens is 1. The van der Waals surface area contributed by atoms with E-state index < -0.39 is 0 Å². The maximum atomic E-state index is 11.6. The fourth-order valence-electron chi connectivity index (χ4n) is 2.10. The highest BCUT2D eigenvalue weighted by molar-refractivity contribution is 7.07. The lowest BCUT2D eigenvalue weighted by Crippen LogP contribution is -2.33. The molecule has 4 nitrogen and oxygen atoms in total. The number of nitrogens with zero attached hydrogens (tertiary/aromatic N) is 2. The highest BCUT2D eigenvalue weighted by atomic mass is 32.1. The zero-order chi connectivity index (χ0) is 11.9. The van der Waals surface area contributed by atoms with Crippen LogP contribution in [0.25, 0.3) is 0 Å². The monoisotopic (exact) mass is 253 g/mol. The highest BCUT2D eigenvalue weighted by Gasteiger charge is 2.10. The van der Waals surface area contributed by atoms with Crippen molar-refractivity contribution < 1.29 is 4.79 Å². The smallest absolute Gasteiger partial charge is 0.270 e. The van der Waals surface area contributed by atoms with Crippen molar-refractivity contribution >= 4 is 17.2 Å². The van der Waals surface area contributed by atoms with Crippen LogP contribution in [0.1, 0.15) is 36.2 Å². The fraction of sp³-hybridized carbons (Fsp3) is 0.667. The van der Waals surface area contributed by atoms with Gasteiger partial charge in [-0.2, -0.15) is 0 Å². The van der Waals surface area contributed by atoms with Gasteiger partial charge in [0.05, 0.1) is 5.51 Å². The van der Waals surface area contributed by atoms with Crippen LogP contribution in [0.5, 0.6) is 0 Å². The van der Waals surface area contributed by atoms with Gasteiger partial charge in [-0.25, -0.2) is 4.98 Å². The lowest BCUT2D eigenvalue weighted by Gasteiger charge is -2.26. The van der Waals surface area contributed by atoms with Gasteiger partial charge in [0.15, 0.2) is 0 Å². The standard InChI is InChI=1S/C12H19N3OS/c16-12(11-9-17-10-14-11)13-5-4-8-15-6-2-1-3-7-15/h9-10H,1-8H2,(H,13,16). The van der Waals surface area contributed by atoms with Crippen LogP contribution in [0, 0.1) is 0 Å². The fourth-order valence-corrected chi connectivity index (χ4v) is 2.63. The molecule has 17 heavy (non-hydrogen) atoms. The Labute approximate surface area is 106 Å². The number of piperidine rings is 1. The Hall–Kier alpha value is -0.940. The molecule has 0 saturated carbocycles. The molecule has 1 fully saturated rings. The zero-order valence-electron chi connectivity index (χ0n) is 10.0. The number of rotatable bonds is 5. The summed E-state index contributed by atoms with van der Waals surface area (Å²) in [4.78, 5) is 18.0. The summed E-state index contributed by atoms with van der Waals surface area (Å²) >= 11 is 1.45. The molecule has 0 radical (unpaired) electrons. The van der Waals surface area contributed by atoms with Gasteiger partial charge in [0.1, 0.15) is 5.69 Å². The molecule has 0 spiro atoms. The molecule has 0 aliphatic carbocycles. The van der Waals surface area contributed by atoms with Gasteiger partial charge in [0.25, 0.3) is 5.91 Å². The molecule has 1 amide bonds. The lowest BCUT2D eigenvalue weighted by atomic mass is 10.1. The summed E-state index contributed by atoms with van der Waals surface area (Å²) in [5, 5.41) is 4.68. The van der Waals surface area contributed by atoms with E-state index in [1.165, 1.54) is 43.7 Å². The Morgan fingerprint density at radius 1 is 1.41 bits per heavy atom. The number of likely N-dealkylation sites (tertiary alicyclic amines) is 1. The molecule has 1 aromatic heterocycles. The molecule has 1 aliphatic rings. The molecule has 0 unspecified atom stereocenters. The van der Waals surface area contributed by atoms with Crippen molar-refractivity contribution in [2.75, 3.05) is 26.2 Å². The number of amides is 1. The number of hydrogen-bond acceptors (Lipinski definition) is 4. The summed E-state index contributed by atoms with van der Waals surface area (Å²) in [6.45, 7) is 4.28. The van der Waals surface area contributed by atoms with E-state index >= 15 is 0 Å². The molecule has 1 saturated heterocycles. The van der Waals surface area contributed by atoms with Crippen LogP contribution in [0.4, 0.5) is 0 Å². The van der Waals surface area contributed by atoms with Gasteiger partial charge in [0.2, 0.25) is 0 Å². The van der Waals surface area contributed by atoms with E-state index in [2.05, 4.69) is 15.2 Å². The molecule has 2 rings (SSSR count). The van der Waals surface area contributed by atoms with Gasteiger partial charge in [0, 0.05) is 11.9 Å². The second-order valence-corrected chi connectivity index (χ2v) is 5.10. The Bertz CT molecular complexity index is 334. The summed E-state index contributed by atoms with van der Waals surface area (Å²) in [5.41, 5.74) is 2.22. The van der Waals surface area contributed by atoms with Crippen molar-refractivity contribution in [1.29, 1.82) is 0 Å². The summed E-state index contributed by atoms with van der Waals surface area (Å²) in [6.07, 6.45) is 5.04. The van der Waals surface area contributed by atoms with Gasteiger partial charge in [-0.1, -0.05) is 6.42 Å². The molecule has 1 N–H and O–H groups in total. The van der Waals surface area contributed by atoms with Gasteiger partial charge in [-0.15, -0.1) is 11.3 Å². The predicted octanol–water partition coefficient (Wildman–Crippen LogP) is 1.75. The molecule has 94 valence electrons.